The lowest BCUT2D eigenvalue weighted by Crippen LogP contribution is -2.47. The first-order valence-electron chi connectivity index (χ1n) is 10.7. The van der Waals surface area contributed by atoms with Crippen molar-refractivity contribution in [2.24, 2.45) is 0 Å². The van der Waals surface area contributed by atoms with Gasteiger partial charge in [-0.05, 0) is 57.2 Å². The number of nitrogens with one attached hydrogen (secondary N) is 2. The van der Waals surface area contributed by atoms with Crippen LogP contribution in [0.4, 0.5) is 0 Å². The molecule has 5 nitrogen and oxygen atoms in total. The second-order valence-electron chi connectivity index (χ2n) is 8.08. The van der Waals surface area contributed by atoms with E-state index < -0.39 is 0 Å². The number of benzene rings is 2. The third-order valence-electron chi connectivity index (χ3n) is 5.96. The Morgan fingerprint density at radius 3 is 2.86 bits per heavy atom. The van der Waals surface area contributed by atoms with E-state index >= 15 is 0 Å². The predicted molar refractivity (Wildman–Crippen MR) is 117 cm³/mol. The van der Waals surface area contributed by atoms with Gasteiger partial charge in [-0.1, -0.05) is 42.0 Å². The van der Waals surface area contributed by atoms with Gasteiger partial charge in [0, 0.05) is 25.2 Å². The number of para-hydroxylation sites is 2. The maximum atomic E-state index is 13.2. The third kappa shape index (κ3) is 4.51. The van der Waals surface area contributed by atoms with Gasteiger partial charge in [0.05, 0.1) is 11.0 Å². The molecule has 4 rings (SSSR count). The standard InChI is InChI=1S/C24H30N4O/c1-3-28(24(29)23-26-21-12-4-5-13-22(21)27-23)20-11-7-10-19(15-20)25-16-18-9-6-8-17(2)14-18/h4-6,8-9,12-14,19-20,25H,3,7,10-11,15-16H2,1-2H3,(H,26,27)/t19-,20+/m1/s1. The smallest absolute Gasteiger partial charge is 0.289 e. The van der Waals surface area contributed by atoms with Crippen LogP contribution in [-0.2, 0) is 6.54 Å². The molecule has 1 amide bonds. The number of aromatic nitrogens is 2. The lowest BCUT2D eigenvalue weighted by Gasteiger charge is -2.37. The van der Waals surface area contributed by atoms with Crippen molar-refractivity contribution in [2.45, 2.75) is 58.2 Å². The highest BCUT2D eigenvalue weighted by molar-refractivity contribution is 5.94. The summed E-state index contributed by atoms with van der Waals surface area (Å²) >= 11 is 0. The van der Waals surface area contributed by atoms with E-state index in [1.54, 1.807) is 0 Å². The van der Waals surface area contributed by atoms with Crippen LogP contribution >= 0.6 is 0 Å². The summed E-state index contributed by atoms with van der Waals surface area (Å²) in [5.74, 6) is 0.455. The highest BCUT2D eigenvalue weighted by Crippen LogP contribution is 2.25. The molecule has 0 bridgehead atoms. The number of carbonyl (C=O) groups is 1. The first kappa shape index (κ1) is 19.6. The van der Waals surface area contributed by atoms with Crippen molar-refractivity contribution in [1.29, 1.82) is 0 Å². The van der Waals surface area contributed by atoms with Crippen LogP contribution in [0.3, 0.4) is 0 Å². The van der Waals surface area contributed by atoms with Gasteiger partial charge >= 0.3 is 0 Å². The molecule has 1 saturated carbocycles. The molecule has 1 aliphatic carbocycles. The summed E-state index contributed by atoms with van der Waals surface area (Å²) in [6.45, 7) is 5.77. The van der Waals surface area contributed by atoms with Gasteiger partial charge in [-0.15, -0.1) is 0 Å². The third-order valence-corrected chi connectivity index (χ3v) is 5.96. The normalized spacial score (nSPS) is 19.4. The van der Waals surface area contributed by atoms with E-state index in [9.17, 15) is 4.79 Å². The number of aryl methyl sites for hydroxylation is 1. The van der Waals surface area contributed by atoms with E-state index in [4.69, 9.17) is 0 Å². The number of nitrogens with zero attached hydrogens (tertiary/aromatic N) is 2. The van der Waals surface area contributed by atoms with Crippen LogP contribution < -0.4 is 5.32 Å². The maximum absolute atomic E-state index is 13.2. The van der Waals surface area contributed by atoms with Crippen molar-refractivity contribution in [3.05, 3.63) is 65.5 Å². The minimum atomic E-state index is 0.00744. The monoisotopic (exact) mass is 390 g/mol. The Kier molecular flexibility index (Phi) is 5.95. The molecule has 2 atom stereocenters. The summed E-state index contributed by atoms with van der Waals surface area (Å²) in [5.41, 5.74) is 4.36. The molecule has 1 heterocycles. The largest absolute Gasteiger partial charge is 0.334 e. The van der Waals surface area contributed by atoms with Crippen LogP contribution in [0.15, 0.2) is 48.5 Å². The molecule has 0 spiro atoms. The van der Waals surface area contributed by atoms with E-state index in [0.29, 0.717) is 18.4 Å². The number of hydrogen-bond acceptors (Lipinski definition) is 3. The second-order valence-corrected chi connectivity index (χ2v) is 8.08. The van der Waals surface area contributed by atoms with Gasteiger partial charge in [0.25, 0.3) is 5.91 Å². The maximum Gasteiger partial charge on any atom is 0.289 e. The highest BCUT2D eigenvalue weighted by Gasteiger charge is 2.30. The zero-order valence-electron chi connectivity index (χ0n) is 17.3. The fourth-order valence-corrected chi connectivity index (χ4v) is 4.47. The lowest BCUT2D eigenvalue weighted by molar-refractivity contribution is 0.0617. The molecule has 152 valence electrons. The first-order valence-corrected chi connectivity index (χ1v) is 10.7. The summed E-state index contributed by atoms with van der Waals surface area (Å²) in [5, 5.41) is 3.71. The molecule has 1 aliphatic rings. The average Bonchev–Trinajstić information content (AvgIpc) is 3.17. The molecule has 1 fully saturated rings. The van der Waals surface area contributed by atoms with Crippen molar-refractivity contribution in [3.8, 4) is 0 Å². The quantitative estimate of drug-likeness (QED) is 0.654. The number of hydrogen-bond donors (Lipinski definition) is 2. The topological polar surface area (TPSA) is 61.0 Å². The summed E-state index contributed by atoms with van der Waals surface area (Å²) in [6.07, 6.45) is 4.35. The van der Waals surface area contributed by atoms with E-state index in [-0.39, 0.29) is 11.9 Å². The Morgan fingerprint density at radius 2 is 2.07 bits per heavy atom. The van der Waals surface area contributed by atoms with Crippen LogP contribution in [0.1, 0.15) is 54.4 Å². The first-order chi connectivity index (χ1) is 14.1. The summed E-state index contributed by atoms with van der Waals surface area (Å²) in [4.78, 5) is 22.9. The fourth-order valence-electron chi connectivity index (χ4n) is 4.47. The molecule has 0 radical (unpaired) electrons. The van der Waals surface area contributed by atoms with E-state index in [0.717, 1.165) is 36.8 Å². The lowest BCUT2D eigenvalue weighted by atomic mass is 9.89. The SMILES string of the molecule is CCN(C(=O)c1nc2ccccc2[nH]1)[C@H]1CCC[C@@H](NCc2cccc(C)c2)C1. The summed E-state index contributed by atoms with van der Waals surface area (Å²) in [7, 11) is 0. The van der Waals surface area contributed by atoms with Gasteiger partial charge in [0.15, 0.2) is 5.82 Å². The highest BCUT2D eigenvalue weighted by atomic mass is 16.2. The number of H-pyrrole nitrogens is 1. The van der Waals surface area contributed by atoms with Crippen molar-refractivity contribution in [2.75, 3.05) is 6.54 Å². The molecule has 0 aliphatic heterocycles. The van der Waals surface area contributed by atoms with Crippen molar-refractivity contribution in [3.63, 3.8) is 0 Å². The van der Waals surface area contributed by atoms with Gasteiger partial charge in [-0.25, -0.2) is 4.98 Å². The van der Waals surface area contributed by atoms with Gasteiger partial charge in [0.2, 0.25) is 0 Å². The number of aromatic amines is 1. The number of imidazole rings is 1. The van der Waals surface area contributed by atoms with E-state index in [1.807, 2.05) is 29.2 Å². The minimum absolute atomic E-state index is 0.00744. The molecule has 2 N–H and O–H groups in total. The Hall–Kier alpha value is -2.66. The van der Waals surface area contributed by atoms with Gasteiger partial charge < -0.3 is 15.2 Å². The zero-order valence-corrected chi connectivity index (χ0v) is 17.3. The van der Waals surface area contributed by atoms with Crippen LogP contribution in [0.25, 0.3) is 11.0 Å². The number of rotatable bonds is 6. The van der Waals surface area contributed by atoms with Gasteiger partial charge in [0.1, 0.15) is 0 Å². The van der Waals surface area contributed by atoms with Crippen molar-refractivity contribution < 1.29 is 4.79 Å². The molecular weight excluding hydrogens is 360 g/mol. The number of carbonyl (C=O) groups excluding carboxylic acids is 1. The number of amides is 1. The molecule has 2 aromatic carbocycles. The van der Waals surface area contributed by atoms with Crippen LogP contribution in [-0.4, -0.2) is 39.4 Å². The zero-order chi connectivity index (χ0) is 20.2. The second kappa shape index (κ2) is 8.78. The molecule has 1 aromatic heterocycles. The van der Waals surface area contributed by atoms with Gasteiger partial charge in [-0.3, -0.25) is 4.79 Å². The molecule has 3 aromatic rings. The molecule has 0 unspecified atom stereocenters. The van der Waals surface area contributed by atoms with E-state index in [1.165, 1.54) is 17.5 Å². The van der Waals surface area contributed by atoms with Gasteiger partial charge in [-0.2, -0.15) is 0 Å². The minimum Gasteiger partial charge on any atom is -0.334 e. The molecular formula is C24H30N4O. The Morgan fingerprint density at radius 1 is 1.21 bits per heavy atom. The number of fused-ring (bicyclic) bond motifs is 1. The van der Waals surface area contributed by atoms with Crippen LogP contribution in [0.5, 0.6) is 0 Å². The molecule has 29 heavy (non-hydrogen) atoms. The van der Waals surface area contributed by atoms with Crippen molar-refractivity contribution >= 4 is 16.9 Å². The summed E-state index contributed by atoms with van der Waals surface area (Å²) < 4.78 is 0. The average molecular weight is 391 g/mol. The van der Waals surface area contributed by atoms with Crippen LogP contribution in [0.2, 0.25) is 0 Å². The Bertz CT molecular complexity index is 947. The van der Waals surface area contributed by atoms with Crippen LogP contribution in [0, 0.1) is 6.92 Å². The Labute approximate surface area is 172 Å². The summed E-state index contributed by atoms with van der Waals surface area (Å²) in [6, 6.07) is 17.1. The molecule has 0 saturated heterocycles. The predicted octanol–water partition coefficient (Wildman–Crippen LogP) is 4.43. The fraction of sp³-hybridized carbons (Fsp3) is 0.417. The van der Waals surface area contributed by atoms with Crippen molar-refractivity contribution in [1.82, 2.24) is 20.2 Å². The van der Waals surface area contributed by atoms with E-state index in [2.05, 4.69) is 53.4 Å². The Balaban J connectivity index is 1.42. The molecule has 5 heteroatoms.